The van der Waals surface area contributed by atoms with Gasteiger partial charge in [-0.15, -0.1) is 0 Å². The molecule has 6 nitrogen and oxygen atoms in total. The Balaban J connectivity index is 1.64. The molecule has 1 aromatic carbocycles. The van der Waals surface area contributed by atoms with Gasteiger partial charge in [0.25, 0.3) is 0 Å². The maximum Gasteiger partial charge on any atom is 0.241 e. The number of carbonyl (C=O) groups is 2. The van der Waals surface area contributed by atoms with Crippen LogP contribution in [0.5, 0.6) is 5.75 Å². The fourth-order valence-corrected chi connectivity index (χ4v) is 3.84. The standard InChI is InChI=1S/C20H29N3O3/c1-16(20(25)21-11-7-3-4-8-12-21)22-13-14-23(19(24)15-22)17-9-5-6-10-18(17)26-2/h5-6,9-10,16H,3-4,7-8,11-15H2,1-2H3. The van der Waals surface area contributed by atoms with E-state index in [-0.39, 0.29) is 24.4 Å². The SMILES string of the molecule is COc1ccccc1N1CCN(C(C)C(=O)N2CCCCCC2)CC1=O. The van der Waals surface area contributed by atoms with Gasteiger partial charge in [-0.3, -0.25) is 14.5 Å². The van der Waals surface area contributed by atoms with Crippen LogP contribution < -0.4 is 9.64 Å². The van der Waals surface area contributed by atoms with Crippen molar-refractivity contribution < 1.29 is 14.3 Å². The molecule has 0 N–H and O–H groups in total. The third-order valence-corrected chi connectivity index (χ3v) is 5.45. The van der Waals surface area contributed by atoms with Gasteiger partial charge >= 0.3 is 0 Å². The van der Waals surface area contributed by atoms with E-state index in [9.17, 15) is 9.59 Å². The number of nitrogens with zero attached hydrogens (tertiary/aromatic N) is 3. The summed E-state index contributed by atoms with van der Waals surface area (Å²) in [7, 11) is 1.61. The van der Waals surface area contributed by atoms with Crippen LogP contribution in [0.15, 0.2) is 24.3 Å². The Labute approximate surface area is 155 Å². The second kappa shape index (κ2) is 8.54. The number of anilines is 1. The van der Waals surface area contributed by atoms with E-state index in [1.165, 1.54) is 12.8 Å². The maximum absolute atomic E-state index is 12.8. The van der Waals surface area contributed by atoms with Crippen molar-refractivity contribution in [2.75, 3.05) is 44.7 Å². The van der Waals surface area contributed by atoms with E-state index >= 15 is 0 Å². The number of hydrogen-bond donors (Lipinski definition) is 0. The van der Waals surface area contributed by atoms with E-state index in [4.69, 9.17) is 4.74 Å². The molecule has 26 heavy (non-hydrogen) atoms. The summed E-state index contributed by atoms with van der Waals surface area (Å²) < 4.78 is 5.38. The van der Waals surface area contributed by atoms with Gasteiger partial charge in [-0.25, -0.2) is 0 Å². The molecule has 2 saturated heterocycles. The second-order valence-corrected chi connectivity index (χ2v) is 7.10. The number of amides is 2. The number of benzene rings is 1. The van der Waals surface area contributed by atoms with Gasteiger partial charge in [0, 0.05) is 26.2 Å². The molecule has 0 radical (unpaired) electrons. The topological polar surface area (TPSA) is 53.1 Å². The van der Waals surface area contributed by atoms with Gasteiger partial charge in [0.2, 0.25) is 11.8 Å². The van der Waals surface area contributed by atoms with E-state index in [0.717, 1.165) is 31.6 Å². The molecule has 0 bridgehead atoms. The van der Waals surface area contributed by atoms with Gasteiger partial charge in [0.1, 0.15) is 5.75 Å². The number of ether oxygens (including phenoxy) is 1. The molecule has 2 aliphatic rings. The third kappa shape index (κ3) is 4.01. The predicted octanol–water partition coefficient (Wildman–Crippen LogP) is 2.13. The molecule has 0 aromatic heterocycles. The average Bonchev–Trinajstić information content (AvgIpc) is 2.96. The molecule has 1 atom stereocenters. The van der Waals surface area contributed by atoms with Gasteiger partial charge < -0.3 is 14.5 Å². The number of likely N-dealkylation sites (tertiary alicyclic amines) is 1. The maximum atomic E-state index is 12.8. The Kier molecular flexibility index (Phi) is 6.14. The zero-order valence-corrected chi connectivity index (χ0v) is 15.8. The molecule has 0 saturated carbocycles. The summed E-state index contributed by atoms with van der Waals surface area (Å²) in [5.74, 6) is 0.865. The fourth-order valence-electron chi connectivity index (χ4n) is 3.84. The van der Waals surface area contributed by atoms with E-state index in [0.29, 0.717) is 18.8 Å². The minimum Gasteiger partial charge on any atom is -0.495 e. The number of para-hydroxylation sites is 2. The third-order valence-electron chi connectivity index (χ3n) is 5.45. The first-order chi connectivity index (χ1) is 12.6. The lowest BCUT2D eigenvalue weighted by molar-refractivity contribution is -0.137. The zero-order chi connectivity index (χ0) is 18.5. The molecule has 2 amide bonds. The van der Waals surface area contributed by atoms with E-state index in [2.05, 4.69) is 0 Å². The highest BCUT2D eigenvalue weighted by molar-refractivity contribution is 5.97. The first-order valence-corrected chi connectivity index (χ1v) is 9.58. The largest absolute Gasteiger partial charge is 0.495 e. The highest BCUT2D eigenvalue weighted by Gasteiger charge is 2.33. The van der Waals surface area contributed by atoms with Crippen molar-refractivity contribution in [1.29, 1.82) is 0 Å². The highest BCUT2D eigenvalue weighted by atomic mass is 16.5. The number of rotatable bonds is 4. The van der Waals surface area contributed by atoms with Crippen molar-refractivity contribution in [3.05, 3.63) is 24.3 Å². The molecule has 1 unspecified atom stereocenters. The molecule has 2 aliphatic heterocycles. The molecule has 0 spiro atoms. The van der Waals surface area contributed by atoms with E-state index in [1.807, 2.05) is 41.0 Å². The highest BCUT2D eigenvalue weighted by Crippen LogP contribution is 2.29. The van der Waals surface area contributed by atoms with Crippen LogP contribution in [0.3, 0.4) is 0 Å². The average molecular weight is 359 g/mol. The molecule has 0 aliphatic carbocycles. The molecule has 2 fully saturated rings. The normalized spacial score (nSPS) is 20.6. The minimum atomic E-state index is -0.253. The van der Waals surface area contributed by atoms with Crippen LogP contribution in [0.2, 0.25) is 0 Å². The van der Waals surface area contributed by atoms with Gasteiger partial charge in [-0.05, 0) is 31.9 Å². The molecule has 3 rings (SSSR count). The van der Waals surface area contributed by atoms with Crippen LogP contribution in [0.25, 0.3) is 0 Å². The smallest absolute Gasteiger partial charge is 0.241 e. The van der Waals surface area contributed by atoms with Crippen LogP contribution in [-0.4, -0.2) is 67.5 Å². The monoisotopic (exact) mass is 359 g/mol. The molecular formula is C20H29N3O3. The summed E-state index contributed by atoms with van der Waals surface area (Å²) in [6, 6.07) is 7.31. The number of piperazine rings is 1. The number of hydrogen-bond acceptors (Lipinski definition) is 4. The predicted molar refractivity (Wildman–Crippen MR) is 101 cm³/mol. The van der Waals surface area contributed by atoms with Crippen LogP contribution in [0, 0.1) is 0 Å². The molecular weight excluding hydrogens is 330 g/mol. The van der Waals surface area contributed by atoms with Gasteiger partial charge in [0.15, 0.2) is 0 Å². The van der Waals surface area contributed by atoms with Gasteiger partial charge in [-0.2, -0.15) is 0 Å². The summed E-state index contributed by atoms with van der Waals surface area (Å²) in [6.07, 6.45) is 4.57. The van der Waals surface area contributed by atoms with Crippen molar-refractivity contribution in [2.45, 2.75) is 38.6 Å². The minimum absolute atomic E-state index is 0.0104. The molecule has 142 valence electrons. The van der Waals surface area contributed by atoms with Crippen molar-refractivity contribution in [3.63, 3.8) is 0 Å². The lowest BCUT2D eigenvalue weighted by Crippen LogP contribution is -2.57. The quantitative estimate of drug-likeness (QED) is 0.826. The van der Waals surface area contributed by atoms with Crippen molar-refractivity contribution in [2.24, 2.45) is 0 Å². The summed E-state index contributed by atoms with van der Waals surface area (Å²) in [5.41, 5.74) is 0.797. The fraction of sp³-hybridized carbons (Fsp3) is 0.600. The van der Waals surface area contributed by atoms with Crippen LogP contribution >= 0.6 is 0 Å². The van der Waals surface area contributed by atoms with Gasteiger partial charge in [0.05, 0.1) is 25.4 Å². The number of methoxy groups -OCH3 is 1. The van der Waals surface area contributed by atoms with Crippen molar-refractivity contribution in [1.82, 2.24) is 9.80 Å². The van der Waals surface area contributed by atoms with Crippen LogP contribution in [0.1, 0.15) is 32.6 Å². The van der Waals surface area contributed by atoms with E-state index < -0.39 is 0 Å². The zero-order valence-electron chi connectivity index (χ0n) is 15.8. The van der Waals surface area contributed by atoms with Crippen molar-refractivity contribution in [3.8, 4) is 5.75 Å². The first kappa shape index (κ1) is 18.7. The molecule has 1 aromatic rings. The second-order valence-electron chi connectivity index (χ2n) is 7.10. The Bertz CT molecular complexity index is 641. The summed E-state index contributed by atoms with van der Waals surface area (Å²) in [5, 5.41) is 0. The Morgan fingerprint density at radius 3 is 2.38 bits per heavy atom. The van der Waals surface area contributed by atoms with Crippen LogP contribution in [-0.2, 0) is 9.59 Å². The molecule has 2 heterocycles. The summed E-state index contributed by atoms with van der Waals surface area (Å²) in [4.78, 5) is 31.3. The Morgan fingerprint density at radius 1 is 1.04 bits per heavy atom. The Morgan fingerprint density at radius 2 is 1.73 bits per heavy atom. The van der Waals surface area contributed by atoms with Crippen LogP contribution in [0.4, 0.5) is 5.69 Å². The lowest BCUT2D eigenvalue weighted by Gasteiger charge is -2.38. The van der Waals surface area contributed by atoms with Crippen molar-refractivity contribution >= 4 is 17.5 Å². The first-order valence-electron chi connectivity index (χ1n) is 9.58. The summed E-state index contributed by atoms with van der Waals surface area (Å²) in [6.45, 7) is 5.13. The summed E-state index contributed by atoms with van der Waals surface area (Å²) >= 11 is 0. The lowest BCUT2D eigenvalue weighted by atomic mass is 10.1. The molecule has 6 heteroatoms. The Hall–Kier alpha value is -2.08. The van der Waals surface area contributed by atoms with Gasteiger partial charge in [-0.1, -0.05) is 25.0 Å². The van der Waals surface area contributed by atoms with E-state index in [1.54, 1.807) is 12.0 Å². The number of carbonyl (C=O) groups excluding carboxylic acids is 2.